The average Bonchev–Trinajstić information content (AvgIpc) is 2.27. The van der Waals surface area contributed by atoms with Gasteiger partial charge in [-0.3, -0.25) is 4.98 Å². The lowest BCUT2D eigenvalue weighted by Gasteiger charge is -2.07. The van der Waals surface area contributed by atoms with Gasteiger partial charge in [0.2, 0.25) is 0 Å². The zero-order valence-electron chi connectivity index (χ0n) is 9.68. The van der Waals surface area contributed by atoms with Crippen LogP contribution in [0.5, 0.6) is 0 Å². The highest BCUT2D eigenvalue weighted by Gasteiger charge is 2.19. The molecular formula is C12H10ClFN2O2S. The lowest BCUT2D eigenvalue weighted by molar-refractivity contribution is 0.594. The minimum absolute atomic E-state index is 0.0346. The summed E-state index contributed by atoms with van der Waals surface area (Å²) in [6.45, 7) is 0. The Bertz CT molecular complexity index is 719. The summed E-state index contributed by atoms with van der Waals surface area (Å²) in [6.07, 6.45) is 2.30. The summed E-state index contributed by atoms with van der Waals surface area (Å²) in [5.74, 6) is -0.961. The molecule has 0 unspecified atom stereocenters. The third-order valence-electron chi connectivity index (χ3n) is 2.41. The number of rotatable bonds is 3. The molecule has 1 aromatic carbocycles. The van der Waals surface area contributed by atoms with Crippen molar-refractivity contribution in [1.29, 1.82) is 0 Å². The minimum Gasteiger partial charge on any atom is -0.399 e. The second kappa shape index (κ2) is 5.14. The van der Waals surface area contributed by atoms with Crippen LogP contribution >= 0.6 is 11.6 Å². The first-order valence-electron chi connectivity index (χ1n) is 5.26. The molecule has 0 aliphatic heterocycles. The van der Waals surface area contributed by atoms with E-state index >= 15 is 0 Å². The Hall–Kier alpha value is -1.66. The molecule has 19 heavy (non-hydrogen) atoms. The van der Waals surface area contributed by atoms with Gasteiger partial charge in [0.1, 0.15) is 5.82 Å². The molecule has 2 rings (SSSR count). The van der Waals surface area contributed by atoms with Crippen LogP contribution in [0.3, 0.4) is 0 Å². The van der Waals surface area contributed by atoms with Crippen molar-refractivity contribution in [1.82, 2.24) is 4.98 Å². The van der Waals surface area contributed by atoms with Crippen LogP contribution in [0.2, 0.25) is 5.02 Å². The van der Waals surface area contributed by atoms with E-state index < -0.39 is 15.7 Å². The summed E-state index contributed by atoms with van der Waals surface area (Å²) in [7, 11) is -3.67. The molecule has 2 N–H and O–H groups in total. The Morgan fingerprint density at radius 3 is 2.63 bits per heavy atom. The number of hydrogen-bond acceptors (Lipinski definition) is 4. The van der Waals surface area contributed by atoms with Crippen molar-refractivity contribution in [2.24, 2.45) is 0 Å². The van der Waals surface area contributed by atoms with E-state index in [1.54, 1.807) is 0 Å². The molecule has 0 spiro atoms. The molecule has 0 saturated heterocycles. The fourth-order valence-corrected chi connectivity index (χ4v) is 3.53. The lowest BCUT2D eigenvalue weighted by atomic mass is 10.3. The number of anilines is 1. The standard InChI is InChI=1S/C12H10ClFN2O2S/c13-11-4-10(15)1-2-12(11)19(17,18)7-8-3-9(14)6-16-5-8/h1-6H,7,15H2. The molecular weight excluding hydrogens is 291 g/mol. The van der Waals surface area contributed by atoms with E-state index in [0.29, 0.717) is 5.69 Å². The SMILES string of the molecule is Nc1ccc(S(=O)(=O)Cc2cncc(F)c2)c(Cl)c1. The number of hydrogen-bond donors (Lipinski definition) is 1. The van der Waals surface area contributed by atoms with Crippen LogP contribution in [0.15, 0.2) is 41.6 Å². The predicted molar refractivity (Wildman–Crippen MR) is 70.9 cm³/mol. The molecule has 7 heteroatoms. The van der Waals surface area contributed by atoms with E-state index in [9.17, 15) is 12.8 Å². The minimum atomic E-state index is -3.67. The van der Waals surface area contributed by atoms with Crippen molar-refractivity contribution in [3.8, 4) is 0 Å². The molecule has 1 aromatic heterocycles. The fraction of sp³-hybridized carbons (Fsp3) is 0.0833. The Kier molecular flexibility index (Phi) is 3.73. The van der Waals surface area contributed by atoms with Crippen LogP contribution in [-0.2, 0) is 15.6 Å². The molecule has 0 bridgehead atoms. The summed E-state index contributed by atoms with van der Waals surface area (Å²) in [4.78, 5) is 3.57. The monoisotopic (exact) mass is 300 g/mol. The molecule has 1 heterocycles. The van der Waals surface area contributed by atoms with Gasteiger partial charge in [0.05, 0.1) is 21.9 Å². The molecule has 0 fully saturated rings. The molecule has 0 saturated carbocycles. The van der Waals surface area contributed by atoms with E-state index in [0.717, 1.165) is 12.3 Å². The average molecular weight is 301 g/mol. The summed E-state index contributed by atoms with van der Waals surface area (Å²) in [6, 6.07) is 5.26. The number of nitrogen functional groups attached to an aromatic ring is 1. The first-order chi connectivity index (χ1) is 8.88. The van der Waals surface area contributed by atoms with E-state index in [2.05, 4.69) is 4.98 Å². The Morgan fingerprint density at radius 2 is 2.00 bits per heavy atom. The van der Waals surface area contributed by atoms with Gasteiger partial charge >= 0.3 is 0 Å². The van der Waals surface area contributed by atoms with Crippen LogP contribution in [0.1, 0.15) is 5.56 Å². The maximum atomic E-state index is 13.0. The van der Waals surface area contributed by atoms with Crippen LogP contribution in [0.25, 0.3) is 0 Å². The first-order valence-corrected chi connectivity index (χ1v) is 7.29. The highest BCUT2D eigenvalue weighted by molar-refractivity contribution is 7.90. The summed E-state index contributed by atoms with van der Waals surface area (Å²) >= 11 is 5.86. The van der Waals surface area contributed by atoms with Crippen LogP contribution < -0.4 is 5.73 Å². The molecule has 4 nitrogen and oxygen atoms in total. The molecule has 2 aromatic rings. The Labute approximate surface area is 115 Å². The quantitative estimate of drug-likeness (QED) is 0.884. The number of pyridine rings is 1. The van der Waals surface area contributed by atoms with Crippen LogP contribution in [-0.4, -0.2) is 13.4 Å². The van der Waals surface area contributed by atoms with Gasteiger partial charge in [-0.1, -0.05) is 11.6 Å². The topological polar surface area (TPSA) is 73.1 Å². The van der Waals surface area contributed by atoms with E-state index in [1.807, 2.05) is 0 Å². The predicted octanol–water partition coefficient (Wildman–Crippen LogP) is 2.43. The van der Waals surface area contributed by atoms with Gasteiger partial charge in [0.15, 0.2) is 9.84 Å². The third kappa shape index (κ3) is 3.21. The van der Waals surface area contributed by atoms with Gasteiger partial charge in [0, 0.05) is 11.9 Å². The van der Waals surface area contributed by atoms with Gasteiger partial charge in [-0.2, -0.15) is 0 Å². The summed E-state index contributed by atoms with van der Waals surface area (Å²) in [5.41, 5.74) is 6.13. The van der Waals surface area contributed by atoms with Crippen LogP contribution in [0.4, 0.5) is 10.1 Å². The van der Waals surface area contributed by atoms with E-state index in [4.69, 9.17) is 17.3 Å². The summed E-state index contributed by atoms with van der Waals surface area (Å²) in [5, 5.41) is 0.0457. The summed E-state index contributed by atoms with van der Waals surface area (Å²) < 4.78 is 37.3. The Morgan fingerprint density at radius 1 is 1.26 bits per heavy atom. The normalized spacial score (nSPS) is 11.5. The molecule has 100 valence electrons. The second-order valence-electron chi connectivity index (χ2n) is 3.96. The molecule has 0 radical (unpaired) electrons. The largest absolute Gasteiger partial charge is 0.399 e. The Balaban J connectivity index is 2.38. The highest BCUT2D eigenvalue weighted by Crippen LogP contribution is 2.26. The number of nitrogens with zero attached hydrogens (tertiary/aromatic N) is 1. The number of aromatic nitrogens is 1. The van der Waals surface area contributed by atoms with Gasteiger partial charge in [-0.05, 0) is 29.8 Å². The first kappa shape index (κ1) is 13.8. The smallest absolute Gasteiger partial charge is 0.184 e. The second-order valence-corrected chi connectivity index (χ2v) is 6.33. The molecule has 0 aliphatic carbocycles. The maximum absolute atomic E-state index is 13.0. The number of benzene rings is 1. The van der Waals surface area contributed by atoms with Gasteiger partial charge in [-0.15, -0.1) is 0 Å². The van der Waals surface area contributed by atoms with E-state index in [-0.39, 0.29) is 21.2 Å². The van der Waals surface area contributed by atoms with Crippen LogP contribution in [0, 0.1) is 5.82 Å². The molecule has 0 aliphatic rings. The van der Waals surface area contributed by atoms with Crippen molar-refractivity contribution < 1.29 is 12.8 Å². The zero-order valence-corrected chi connectivity index (χ0v) is 11.2. The lowest BCUT2D eigenvalue weighted by Crippen LogP contribution is -2.06. The van der Waals surface area contributed by atoms with Gasteiger partial charge in [0.25, 0.3) is 0 Å². The maximum Gasteiger partial charge on any atom is 0.184 e. The number of halogens is 2. The van der Waals surface area contributed by atoms with Gasteiger partial charge < -0.3 is 5.73 Å². The van der Waals surface area contributed by atoms with Crippen molar-refractivity contribution >= 4 is 27.1 Å². The third-order valence-corrected chi connectivity index (χ3v) is 4.57. The number of nitrogens with two attached hydrogens (primary N) is 1. The van der Waals surface area contributed by atoms with E-state index in [1.165, 1.54) is 24.4 Å². The fourth-order valence-electron chi connectivity index (χ4n) is 1.60. The van der Waals surface area contributed by atoms with Gasteiger partial charge in [-0.25, -0.2) is 12.8 Å². The number of sulfone groups is 1. The van der Waals surface area contributed by atoms with Crippen molar-refractivity contribution in [2.75, 3.05) is 5.73 Å². The van der Waals surface area contributed by atoms with Crippen molar-refractivity contribution in [3.05, 3.63) is 53.1 Å². The van der Waals surface area contributed by atoms with Crippen molar-refractivity contribution in [3.63, 3.8) is 0 Å². The zero-order chi connectivity index (χ0) is 14.0. The van der Waals surface area contributed by atoms with Crippen molar-refractivity contribution in [2.45, 2.75) is 10.6 Å². The highest BCUT2D eigenvalue weighted by atomic mass is 35.5. The molecule has 0 amide bonds. The molecule has 0 atom stereocenters.